The molecule has 0 aliphatic carbocycles. The van der Waals surface area contributed by atoms with E-state index in [0.717, 1.165) is 5.69 Å². The predicted molar refractivity (Wildman–Crippen MR) is 64.4 cm³/mol. The van der Waals surface area contributed by atoms with Crippen molar-refractivity contribution in [1.29, 1.82) is 0 Å². The van der Waals surface area contributed by atoms with Gasteiger partial charge in [0.05, 0.1) is 5.69 Å². The Morgan fingerprint density at radius 2 is 1.67 bits per heavy atom. The van der Waals surface area contributed by atoms with E-state index in [1.165, 1.54) is 0 Å². The number of nitrogens with two attached hydrogens (primary N) is 1. The zero-order chi connectivity index (χ0) is 13.6. The number of aromatic nitrogens is 2. The lowest BCUT2D eigenvalue weighted by molar-refractivity contribution is -0.659. The molecule has 0 bridgehead atoms. The molecule has 0 atom stereocenters. The van der Waals surface area contributed by atoms with Crippen molar-refractivity contribution in [2.24, 2.45) is 0 Å². The maximum atomic E-state index is 8.74. The minimum atomic E-state index is -4.67. The molecule has 0 fully saturated rings. The fraction of sp³-hybridized carbons (Fsp3) is 0. The number of para-hydroxylation sites is 1. The van der Waals surface area contributed by atoms with Crippen molar-refractivity contribution in [2.75, 3.05) is 5.73 Å². The second-order valence-electron chi connectivity index (χ2n) is 3.19. The first kappa shape index (κ1) is 14.0. The lowest BCUT2D eigenvalue weighted by Gasteiger charge is -1.91. The minimum absolute atomic E-state index is 0.673. The molecule has 1 aromatic heterocycles. The Balaban J connectivity index is 0.000000280. The Morgan fingerprint density at radius 3 is 2.11 bits per heavy atom. The third-order valence-corrected chi connectivity index (χ3v) is 1.76. The summed E-state index contributed by atoms with van der Waals surface area (Å²) < 4.78 is 33.4. The molecule has 0 amide bonds. The molecule has 8 heteroatoms. The van der Waals surface area contributed by atoms with Crippen LogP contribution in [0, 0.1) is 0 Å². The standard InChI is InChI=1S/C10H9N3.H2O4S/c11-9-6-7-13(12-8-9)10-4-2-1-3-5-10;1-5(2,3)4/h1-8,11H;(H2,1,2,3,4)/p+1. The van der Waals surface area contributed by atoms with E-state index in [0.29, 0.717) is 5.69 Å². The normalized spacial score (nSPS) is 10.3. The number of hydrogen-bond acceptors (Lipinski definition) is 4. The van der Waals surface area contributed by atoms with Crippen LogP contribution < -0.4 is 10.4 Å². The van der Waals surface area contributed by atoms with Gasteiger partial charge in [-0.05, 0) is 5.10 Å². The van der Waals surface area contributed by atoms with Gasteiger partial charge in [-0.15, -0.1) is 0 Å². The van der Waals surface area contributed by atoms with Gasteiger partial charge in [0.25, 0.3) is 0 Å². The number of nitrogens with zero attached hydrogens (tertiary/aromatic N) is 2. The summed E-state index contributed by atoms with van der Waals surface area (Å²) >= 11 is 0. The van der Waals surface area contributed by atoms with Gasteiger partial charge in [0, 0.05) is 18.2 Å². The molecule has 0 aliphatic heterocycles. The van der Waals surface area contributed by atoms with Crippen LogP contribution >= 0.6 is 0 Å². The van der Waals surface area contributed by atoms with Gasteiger partial charge in [-0.25, -0.2) is 0 Å². The van der Waals surface area contributed by atoms with Crippen LogP contribution in [0.2, 0.25) is 0 Å². The van der Waals surface area contributed by atoms with Crippen molar-refractivity contribution in [3.05, 3.63) is 48.8 Å². The maximum absolute atomic E-state index is 8.74. The van der Waals surface area contributed by atoms with Crippen LogP contribution in [-0.4, -0.2) is 22.6 Å². The maximum Gasteiger partial charge on any atom is 0.394 e. The van der Waals surface area contributed by atoms with E-state index in [-0.39, 0.29) is 0 Å². The lowest BCUT2D eigenvalue weighted by Crippen LogP contribution is -2.34. The van der Waals surface area contributed by atoms with Crippen LogP contribution in [0.15, 0.2) is 48.8 Å². The third kappa shape index (κ3) is 5.89. The molecule has 0 saturated heterocycles. The predicted octanol–water partition coefficient (Wildman–Crippen LogP) is 0.288. The molecule has 7 nitrogen and oxygen atoms in total. The fourth-order valence-electron chi connectivity index (χ4n) is 1.10. The molecule has 1 aromatic carbocycles. The fourth-order valence-corrected chi connectivity index (χ4v) is 1.10. The Labute approximate surface area is 104 Å². The number of rotatable bonds is 1. The second kappa shape index (κ2) is 6.05. The summed E-state index contributed by atoms with van der Waals surface area (Å²) in [7, 11) is -4.67. The summed E-state index contributed by atoms with van der Waals surface area (Å²) in [5.41, 5.74) is 7.23. The van der Waals surface area contributed by atoms with E-state index in [4.69, 9.17) is 23.3 Å². The Hall–Kier alpha value is -2.03. The quantitative estimate of drug-likeness (QED) is 0.506. The molecule has 0 aliphatic rings. The van der Waals surface area contributed by atoms with Crippen LogP contribution in [0.25, 0.3) is 5.69 Å². The molecule has 2 aromatic rings. The van der Waals surface area contributed by atoms with Crippen LogP contribution in [-0.2, 0) is 10.4 Å². The molecule has 0 saturated carbocycles. The Bertz CT molecular complexity index is 576. The Kier molecular flexibility index (Phi) is 4.72. The van der Waals surface area contributed by atoms with Crippen molar-refractivity contribution in [2.45, 2.75) is 0 Å². The van der Waals surface area contributed by atoms with E-state index in [9.17, 15) is 0 Å². The van der Waals surface area contributed by atoms with Crippen LogP contribution in [0.4, 0.5) is 5.69 Å². The zero-order valence-electron chi connectivity index (χ0n) is 9.21. The summed E-state index contributed by atoms with van der Waals surface area (Å²) in [5, 5.41) is 4.14. The molecular weight excluding hydrogens is 258 g/mol. The zero-order valence-corrected chi connectivity index (χ0v) is 10.0. The highest BCUT2D eigenvalue weighted by molar-refractivity contribution is 7.79. The highest BCUT2D eigenvalue weighted by Gasteiger charge is 2.04. The van der Waals surface area contributed by atoms with E-state index in [2.05, 4.69) is 5.10 Å². The summed E-state index contributed by atoms with van der Waals surface area (Å²) in [6.45, 7) is 0. The van der Waals surface area contributed by atoms with Crippen LogP contribution in [0.5, 0.6) is 0 Å². The van der Waals surface area contributed by atoms with Crippen LogP contribution in [0.1, 0.15) is 0 Å². The molecule has 2 rings (SSSR count). The van der Waals surface area contributed by atoms with Crippen molar-refractivity contribution in [3.8, 4) is 5.69 Å². The molecule has 1 heterocycles. The summed E-state index contributed by atoms with van der Waals surface area (Å²) in [5.74, 6) is 0. The van der Waals surface area contributed by atoms with E-state index in [1.807, 2.05) is 42.6 Å². The minimum Gasteiger partial charge on any atom is -0.397 e. The SMILES string of the molecule is Nc1cc[n+](-c2ccccc2)nc1.O=S(=O)(O)O. The van der Waals surface area contributed by atoms with Gasteiger partial charge in [0.1, 0.15) is 6.20 Å². The highest BCUT2D eigenvalue weighted by atomic mass is 32.3. The van der Waals surface area contributed by atoms with Crippen molar-refractivity contribution < 1.29 is 22.2 Å². The van der Waals surface area contributed by atoms with Gasteiger partial charge < -0.3 is 5.73 Å². The highest BCUT2D eigenvalue weighted by Crippen LogP contribution is 1.97. The second-order valence-corrected chi connectivity index (χ2v) is 4.08. The first-order valence-electron chi connectivity index (χ1n) is 4.75. The molecule has 0 unspecified atom stereocenters. The summed E-state index contributed by atoms with van der Waals surface area (Å²) in [4.78, 5) is 0. The van der Waals surface area contributed by atoms with Gasteiger partial charge in [0.2, 0.25) is 11.9 Å². The number of hydrogen-bond donors (Lipinski definition) is 3. The third-order valence-electron chi connectivity index (χ3n) is 1.76. The molecule has 0 radical (unpaired) electrons. The van der Waals surface area contributed by atoms with Gasteiger partial charge in [-0.1, -0.05) is 22.9 Å². The Morgan fingerprint density at radius 1 is 1.11 bits per heavy atom. The van der Waals surface area contributed by atoms with Crippen molar-refractivity contribution >= 4 is 16.1 Å². The number of benzene rings is 1. The molecular formula is C10H12N3O4S+. The molecule has 18 heavy (non-hydrogen) atoms. The smallest absolute Gasteiger partial charge is 0.394 e. The first-order valence-corrected chi connectivity index (χ1v) is 6.15. The molecule has 96 valence electrons. The number of anilines is 1. The van der Waals surface area contributed by atoms with Gasteiger partial charge in [-0.3, -0.25) is 9.11 Å². The van der Waals surface area contributed by atoms with E-state index >= 15 is 0 Å². The summed E-state index contributed by atoms with van der Waals surface area (Å²) in [6.07, 6.45) is 3.47. The largest absolute Gasteiger partial charge is 0.397 e. The van der Waals surface area contributed by atoms with Gasteiger partial charge in [-0.2, -0.15) is 8.42 Å². The average molecular weight is 270 g/mol. The first-order chi connectivity index (χ1) is 8.36. The molecule has 0 spiro atoms. The van der Waals surface area contributed by atoms with Crippen molar-refractivity contribution in [1.82, 2.24) is 5.10 Å². The van der Waals surface area contributed by atoms with Gasteiger partial charge >= 0.3 is 10.4 Å². The summed E-state index contributed by atoms with van der Waals surface area (Å²) in [6, 6.07) is 11.7. The molecule has 4 N–H and O–H groups in total. The monoisotopic (exact) mass is 270 g/mol. The van der Waals surface area contributed by atoms with Crippen LogP contribution in [0.3, 0.4) is 0 Å². The van der Waals surface area contributed by atoms with Crippen molar-refractivity contribution in [3.63, 3.8) is 0 Å². The van der Waals surface area contributed by atoms with Gasteiger partial charge in [0.15, 0.2) is 0 Å². The average Bonchev–Trinajstić information content (AvgIpc) is 2.29. The van der Waals surface area contributed by atoms with E-state index < -0.39 is 10.4 Å². The topological polar surface area (TPSA) is 117 Å². The number of nitrogen functional groups attached to an aromatic ring is 1. The lowest BCUT2D eigenvalue weighted by atomic mass is 10.3. The van der Waals surface area contributed by atoms with E-state index in [1.54, 1.807) is 10.9 Å².